The summed E-state index contributed by atoms with van der Waals surface area (Å²) in [6, 6.07) is 10.1. The average molecular weight is 234 g/mol. The molecule has 0 unspecified atom stereocenters. The normalized spacial score (nSPS) is 13.4. The summed E-state index contributed by atoms with van der Waals surface area (Å²) in [5, 5.41) is 9.37. The molecular formula is C15H22O2. The lowest BCUT2D eigenvalue weighted by atomic mass is 9.85. The van der Waals surface area contributed by atoms with E-state index in [0.29, 0.717) is 6.61 Å². The van der Waals surface area contributed by atoms with E-state index in [-0.39, 0.29) is 18.1 Å². The summed E-state index contributed by atoms with van der Waals surface area (Å²) in [6.45, 7) is 8.44. The number of hydrogen-bond donors (Lipinski definition) is 1. The van der Waals surface area contributed by atoms with Crippen molar-refractivity contribution in [3.8, 4) is 0 Å². The van der Waals surface area contributed by atoms with E-state index in [1.54, 1.807) is 0 Å². The maximum absolute atomic E-state index is 9.37. The first-order chi connectivity index (χ1) is 8.10. The smallest absolute Gasteiger partial charge is 0.0721 e. The predicted molar refractivity (Wildman–Crippen MR) is 70.7 cm³/mol. The van der Waals surface area contributed by atoms with Crippen molar-refractivity contribution in [1.82, 2.24) is 0 Å². The summed E-state index contributed by atoms with van der Waals surface area (Å²) >= 11 is 0. The van der Waals surface area contributed by atoms with Gasteiger partial charge in [-0.1, -0.05) is 50.3 Å². The van der Waals surface area contributed by atoms with Crippen LogP contribution in [0.5, 0.6) is 0 Å². The van der Waals surface area contributed by atoms with Crippen LogP contribution < -0.4 is 0 Å². The highest BCUT2D eigenvalue weighted by Crippen LogP contribution is 2.26. The van der Waals surface area contributed by atoms with Crippen molar-refractivity contribution in [2.75, 3.05) is 6.61 Å². The van der Waals surface area contributed by atoms with E-state index in [2.05, 4.69) is 6.58 Å². The first-order valence-electron chi connectivity index (χ1n) is 5.97. The Kier molecular flexibility index (Phi) is 5.39. The molecule has 1 rings (SSSR count). The third kappa shape index (κ3) is 4.33. The van der Waals surface area contributed by atoms with Crippen molar-refractivity contribution in [3.63, 3.8) is 0 Å². The third-order valence-electron chi connectivity index (χ3n) is 2.95. The van der Waals surface area contributed by atoms with Crippen molar-refractivity contribution in [3.05, 3.63) is 48.6 Å². The predicted octanol–water partition coefficient (Wildman–Crippen LogP) is 3.17. The van der Waals surface area contributed by atoms with Crippen molar-refractivity contribution < 1.29 is 9.84 Å². The van der Waals surface area contributed by atoms with Gasteiger partial charge in [0.15, 0.2) is 0 Å². The third-order valence-corrected chi connectivity index (χ3v) is 2.95. The first-order valence-corrected chi connectivity index (χ1v) is 5.97. The molecule has 1 atom stereocenters. The summed E-state index contributed by atoms with van der Waals surface area (Å²) in [5.41, 5.74) is 0.901. The largest absolute Gasteiger partial charge is 0.396 e. The summed E-state index contributed by atoms with van der Waals surface area (Å²) in [4.78, 5) is 0. The van der Waals surface area contributed by atoms with Crippen LogP contribution in [-0.2, 0) is 11.3 Å². The molecule has 0 aromatic heterocycles. The van der Waals surface area contributed by atoms with Crippen LogP contribution in [0.1, 0.15) is 25.8 Å². The van der Waals surface area contributed by atoms with Crippen LogP contribution in [0.3, 0.4) is 0 Å². The van der Waals surface area contributed by atoms with Crippen LogP contribution in [0.2, 0.25) is 0 Å². The summed E-state index contributed by atoms with van der Waals surface area (Å²) in [7, 11) is 0. The molecule has 1 N–H and O–H groups in total. The Morgan fingerprint density at radius 3 is 2.53 bits per heavy atom. The Morgan fingerprint density at radius 2 is 2.00 bits per heavy atom. The van der Waals surface area contributed by atoms with Crippen molar-refractivity contribution >= 4 is 0 Å². The van der Waals surface area contributed by atoms with Gasteiger partial charge in [-0.05, 0) is 12.0 Å². The Bertz CT molecular complexity index is 330. The van der Waals surface area contributed by atoms with Crippen LogP contribution >= 0.6 is 0 Å². The fourth-order valence-corrected chi connectivity index (χ4v) is 1.64. The maximum Gasteiger partial charge on any atom is 0.0721 e. The fraction of sp³-hybridized carbons (Fsp3) is 0.467. The molecule has 0 fully saturated rings. The van der Waals surface area contributed by atoms with Crippen LogP contribution in [0.4, 0.5) is 0 Å². The quantitative estimate of drug-likeness (QED) is 0.734. The second-order valence-electron chi connectivity index (χ2n) is 4.96. The van der Waals surface area contributed by atoms with Gasteiger partial charge in [0.2, 0.25) is 0 Å². The van der Waals surface area contributed by atoms with Gasteiger partial charge in [-0.2, -0.15) is 0 Å². The van der Waals surface area contributed by atoms with Crippen molar-refractivity contribution in [1.29, 1.82) is 0 Å². The molecule has 1 aromatic rings. The fourth-order valence-electron chi connectivity index (χ4n) is 1.64. The van der Waals surface area contributed by atoms with Gasteiger partial charge in [-0.15, -0.1) is 6.58 Å². The molecular weight excluding hydrogens is 212 g/mol. The van der Waals surface area contributed by atoms with E-state index in [0.717, 1.165) is 12.0 Å². The highest BCUT2D eigenvalue weighted by molar-refractivity contribution is 5.13. The van der Waals surface area contributed by atoms with Gasteiger partial charge in [-0.3, -0.25) is 0 Å². The Labute approximate surface area is 104 Å². The minimum Gasteiger partial charge on any atom is -0.396 e. The zero-order valence-corrected chi connectivity index (χ0v) is 10.7. The number of aliphatic hydroxyl groups is 1. The molecule has 1 aromatic carbocycles. The number of benzene rings is 1. The maximum atomic E-state index is 9.37. The van der Waals surface area contributed by atoms with Crippen LogP contribution in [0, 0.1) is 5.41 Å². The standard InChI is InChI=1S/C15H22O2/c1-4-8-14(15(2,3)12-16)17-11-13-9-6-5-7-10-13/h4-7,9-10,14,16H,1,8,11-12H2,2-3H3/t14-/m1/s1. The molecule has 0 aliphatic rings. The topological polar surface area (TPSA) is 29.5 Å². The van der Waals surface area contributed by atoms with Crippen molar-refractivity contribution in [2.24, 2.45) is 5.41 Å². The highest BCUT2D eigenvalue weighted by Gasteiger charge is 2.28. The van der Waals surface area contributed by atoms with E-state index < -0.39 is 0 Å². The number of ether oxygens (including phenoxy) is 1. The number of hydrogen-bond acceptors (Lipinski definition) is 2. The van der Waals surface area contributed by atoms with Gasteiger partial charge in [0.1, 0.15) is 0 Å². The lowest BCUT2D eigenvalue weighted by Gasteiger charge is -2.32. The van der Waals surface area contributed by atoms with Gasteiger partial charge in [0.25, 0.3) is 0 Å². The van der Waals surface area contributed by atoms with Gasteiger partial charge in [0, 0.05) is 5.41 Å². The lowest BCUT2D eigenvalue weighted by molar-refractivity contribution is -0.0551. The van der Waals surface area contributed by atoms with Gasteiger partial charge in [0.05, 0.1) is 19.3 Å². The monoisotopic (exact) mass is 234 g/mol. The van der Waals surface area contributed by atoms with Crippen molar-refractivity contribution in [2.45, 2.75) is 33.0 Å². The molecule has 2 heteroatoms. The van der Waals surface area contributed by atoms with E-state index >= 15 is 0 Å². The minimum absolute atomic E-state index is 0.00907. The molecule has 0 radical (unpaired) electrons. The first kappa shape index (κ1) is 13.9. The molecule has 0 bridgehead atoms. The molecule has 0 aliphatic heterocycles. The molecule has 0 aliphatic carbocycles. The van der Waals surface area contributed by atoms with E-state index in [1.807, 2.05) is 50.3 Å². The van der Waals surface area contributed by atoms with Crippen LogP contribution in [-0.4, -0.2) is 17.8 Å². The van der Waals surface area contributed by atoms with Gasteiger partial charge >= 0.3 is 0 Å². The Balaban J connectivity index is 2.59. The zero-order valence-electron chi connectivity index (χ0n) is 10.7. The zero-order chi connectivity index (χ0) is 12.7. The number of rotatable bonds is 7. The van der Waals surface area contributed by atoms with E-state index in [1.165, 1.54) is 0 Å². The van der Waals surface area contributed by atoms with E-state index in [9.17, 15) is 5.11 Å². The highest BCUT2D eigenvalue weighted by atomic mass is 16.5. The Morgan fingerprint density at radius 1 is 1.35 bits per heavy atom. The molecule has 0 saturated heterocycles. The lowest BCUT2D eigenvalue weighted by Crippen LogP contribution is -2.34. The Hall–Kier alpha value is -1.12. The van der Waals surface area contributed by atoms with E-state index in [4.69, 9.17) is 4.74 Å². The molecule has 0 amide bonds. The molecule has 0 saturated carbocycles. The molecule has 94 valence electrons. The molecule has 0 heterocycles. The molecule has 0 spiro atoms. The van der Waals surface area contributed by atoms with Gasteiger partial charge in [-0.25, -0.2) is 0 Å². The van der Waals surface area contributed by atoms with Crippen LogP contribution in [0.15, 0.2) is 43.0 Å². The average Bonchev–Trinajstić information content (AvgIpc) is 2.35. The SMILES string of the molecule is C=CC[C@@H](OCc1ccccc1)C(C)(C)CO. The summed E-state index contributed by atoms with van der Waals surface area (Å²) in [6.07, 6.45) is 2.58. The summed E-state index contributed by atoms with van der Waals surface area (Å²) < 4.78 is 5.89. The second kappa shape index (κ2) is 6.58. The minimum atomic E-state index is -0.247. The molecule has 2 nitrogen and oxygen atoms in total. The second-order valence-corrected chi connectivity index (χ2v) is 4.96. The summed E-state index contributed by atoms with van der Waals surface area (Å²) in [5.74, 6) is 0. The number of aliphatic hydroxyl groups excluding tert-OH is 1. The van der Waals surface area contributed by atoms with Gasteiger partial charge < -0.3 is 9.84 Å². The molecule has 17 heavy (non-hydrogen) atoms. The van der Waals surface area contributed by atoms with Crippen LogP contribution in [0.25, 0.3) is 0 Å².